The molecule has 0 aromatic heterocycles. The number of halogens is 3. The molecule has 0 heterocycles. The number of carbonyl (C=O) groups excluding carboxylic acids is 1. The van der Waals surface area contributed by atoms with Crippen LogP contribution in [0.1, 0.15) is 35.7 Å². The van der Waals surface area contributed by atoms with Crippen molar-refractivity contribution in [3.63, 3.8) is 0 Å². The second-order valence-corrected chi connectivity index (χ2v) is 3.57. The minimum absolute atomic E-state index is 0.0137. The summed E-state index contributed by atoms with van der Waals surface area (Å²) in [6.07, 6.45) is -2.61. The molecule has 1 rings (SSSR count). The van der Waals surface area contributed by atoms with Gasteiger partial charge < -0.3 is 4.74 Å². The molecule has 5 heteroatoms. The van der Waals surface area contributed by atoms with Gasteiger partial charge in [-0.05, 0) is 24.6 Å². The lowest BCUT2D eigenvalue weighted by molar-refractivity contribution is -0.139. The highest BCUT2D eigenvalue weighted by molar-refractivity contribution is 5.75. The van der Waals surface area contributed by atoms with E-state index in [1.807, 2.05) is 6.92 Å². The summed E-state index contributed by atoms with van der Waals surface area (Å²) in [6.45, 7) is 2.16. The van der Waals surface area contributed by atoms with Crippen LogP contribution in [-0.2, 0) is 6.18 Å². The maximum absolute atomic E-state index is 12.7. The van der Waals surface area contributed by atoms with Crippen molar-refractivity contribution in [1.82, 2.24) is 0 Å². The standard InChI is InChI=1S/C12H13F3O2/c1-2-3-6-17-11-5-4-9(8-16)7-10(11)12(13,14)15/h4-5,7-8H,2-3,6H2,1H3. The number of benzene rings is 1. The van der Waals surface area contributed by atoms with Crippen LogP contribution in [0.15, 0.2) is 18.2 Å². The van der Waals surface area contributed by atoms with Crippen molar-refractivity contribution in [3.05, 3.63) is 29.3 Å². The van der Waals surface area contributed by atoms with Gasteiger partial charge in [-0.3, -0.25) is 4.79 Å². The lowest BCUT2D eigenvalue weighted by Crippen LogP contribution is -2.10. The number of ether oxygens (including phenoxy) is 1. The summed E-state index contributed by atoms with van der Waals surface area (Å²) in [4.78, 5) is 10.4. The van der Waals surface area contributed by atoms with Gasteiger partial charge in [0.15, 0.2) is 0 Å². The van der Waals surface area contributed by atoms with Crippen LogP contribution >= 0.6 is 0 Å². The summed E-state index contributed by atoms with van der Waals surface area (Å²) in [5.74, 6) is -0.225. The zero-order chi connectivity index (χ0) is 12.9. The first-order valence-corrected chi connectivity index (χ1v) is 5.28. The molecule has 0 atom stereocenters. The molecule has 0 aliphatic heterocycles. The van der Waals surface area contributed by atoms with Crippen LogP contribution in [0.5, 0.6) is 5.75 Å². The van der Waals surface area contributed by atoms with Crippen molar-refractivity contribution in [2.24, 2.45) is 0 Å². The summed E-state index contributed by atoms with van der Waals surface area (Å²) in [6, 6.07) is 3.29. The highest BCUT2D eigenvalue weighted by Gasteiger charge is 2.34. The minimum atomic E-state index is -4.51. The van der Waals surface area contributed by atoms with E-state index in [0.29, 0.717) is 12.7 Å². The molecule has 17 heavy (non-hydrogen) atoms. The molecule has 0 aliphatic carbocycles. The smallest absolute Gasteiger partial charge is 0.419 e. The second kappa shape index (κ2) is 5.70. The summed E-state index contributed by atoms with van der Waals surface area (Å²) in [7, 11) is 0. The van der Waals surface area contributed by atoms with Gasteiger partial charge in [-0.25, -0.2) is 0 Å². The molecule has 1 aromatic rings. The Morgan fingerprint density at radius 1 is 1.35 bits per heavy atom. The fraction of sp³-hybridized carbons (Fsp3) is 0.417. The average Bonchev–Trinajstić information content (AvgIpc) is 2.28. The largest absolute Gasteiger partial charge is 0.493 e. The van der Waals surface area contributed by atoms with Crippen LogP contribution in [-0.4, -0.2) is 12.9 Å². The molecule has 0 amide bonds. The second-order valence-electron chi connectivity index (χ2n) is 3.57. The van der Waals surface area contributed by atoms with Gasteiger partial charge in [0.2, 0.25) is 0 Å². The van der Waals surface area contributed by atoms with Gasteiger partial charge in [-0.2, -0.15) is 13.2 Å². The van der Waals surface area contributed by atoms with Crippen molar-refractivity contribution < 1.29 is 22.7 Å². The molecule has 0 unspecified atom stereocenters. The summed E-state index contributed by atoms with van der Waals surface area (Å²) < 4.78 is 43.1. The summed E-state index contributed by atoms with van der Waals surface area (Å²) >= 11 is 0. The van der Waals surface area contributed by atoms with Crippen LogP contribution in [0.3, 0.4) is 0 Å². The average molecular weight is 246 g/mol. The summed E-state index contributed by atoms with van der Waals surface area (Å²) in [5, 5.41) is 0. The molecular formula is C12H13F3O2. The molecule has 0 fully saturated rings. The van der Waals surface area contributed by atoms with Gasteiger partial charge >= 0.3 is 6.18 Å². The Labute approximate surface area is 97.4 Å². The van der Waals surface area contributed by atoms with Crippen LogP contribution in [0.25, 0.3) is 0 Å². The van der Waals surface area contributed by atoms with E-state index in [1.165, 1.54) is 12.1 Å². The number of hydrogen-bond donors (Lipinski definition) is 0. The Hall–Kier alpha value is -1.52. The zero-order valence-electron chi connectivity index (χ0n) is 9.38. The fourth-order valence-electron chi connectivity index (χ4n) is 1.29. The molecule has 2 nitrogen and oxygen atoms in total. The van der Waals surface area contributed by atoms with Crippen molar-refractivity contribution in [2.75, 3.05) is 6.61 Å². The molecule has 1 aromatic carbocycles. The lowest BCUT2D eigenvalue weighted by atomic mass is 10.1. The zero-order valence-corrected chi connectivity index (χ0v) is 9.38. The highest BCUT2D eigenvalue weighted by atomic mass is 19.4. The maximum Gasteiger partial charge on any atom is 0.419 e. The predicted octanol–water partition coefficient (Wildman–Crippen LogP) is 3.70. The SMILES string of the molecule is CCCCOc1ccc(C=O)cc1C(F)(F)F. The Kier molecular flexibility index (Phi) is 4.54. The first-order chi connectivity index (χ1) is 7.99. The molecule has 0 spiro atoms. The molecule has 0 saturated carbocycles. The van der Waals surface area contributed by atoms with Crippen molar-refractivity contribution in [3.8, 4) is 5.75 Å². The molecule has 94 valence electrons. The third-order valence-electron chi connectivity index (χ3n) is 2.20. The van der Waals surface area contributed by atoms with E-state index in [-0.39, 0.29) is 17.9 Å². The molecule has 0 aliphatic rings. The van der Waals surface area contributed by atoms with Crippen LogP contribution < -0.4 is 4.74 Å². The van der Waals surface area contributed by atoms with Gasteiger partial charge in [0.05, 0.1) is 12.2 Å². The fourth-order valence-corrected chi connectivity index (χ4v) is 1.29. The van der Waals surface area contributed by atoms with E-state index in [2.05, 4.69) is 0 Å². The first kappa shape index (κ1) is 13.5. The van der Waals surface area contributed by atoms with Gasteiger partial charge in [0.1, 0.15) is 12.0 Å². The van der Waals surface area contributed by atoms with Gasteiger partial charge in [-0.1, -0.05) is 13.3 Å². The number of alkyl halides is 3. The van der Waals surface area contributed by atoms with Crippen molar-refractivity contribution in [1.29, 1.82) is 0 Å². The third kappa shape index (κ3) is 3.76. The Bertz CT molecular complexity index is 386. The normalized spacial score (nSPS) is 11.3. The van der Waals surface area contributed by atoms with E-state index in [0.717, 1.165) is 12.5 Å². The summed E-state index contributed by atoms with van der Waals surface area (Å²) in [5.41, 5.74) is -0.918. The number of aldehydes is 1. The Balaban J connectivity index is 2.98. The third-order valence-corrected chi connectivity index (χ3v) is 2.20. The molecule has 0 saturated heterocycles. The van der Waals surface area contributed by atoms with Crippen molar-refractivity contribution in [2.45, 2.75) is 25.9 Å². The van der Waals surface area contributed by atoms with Gasteiger partial charge in [0, 0.05) is 5.56 Å². The van der Waals surface area contributed by atoms with E-state index in [9.17, 15) is 18.0 Å². The van der Waals surface area contributed by atoms with Crippen LogP contribution in [0, 0.1) is 0 Å². The Morgan fingerprint density at radius 2 is 2.06 bits per heavy atom. The topological polar surface area (TPSA) is 26.3 Å². The van der Waals surface area contributed by atoms with Crippen LogP contribution in [0.4, 0.5) is 13.2 Å². The monoisotopic (exact) mass is 246 g/mol. The number of carbonyl (C=O) groups is 1. The predicted molar refractivity (Wildman–Crippen MR) is 57.2 cm³/mol. The minimum Gasteiger partial charge on any atom is -0.493 e. The molecular weight excluding hydrogens is 233 g/mol. The molecule has 0 bridgehead atoms. The van der Waals surface area contributed by atoms with Crippen molar-refractivity contribution >= 4 is 6.29 Å². The van der Waals surface area contributed by atoms with E-state index in [4.69, 9.17) is 4.74 Å². The molecule has 0 radical (unpaired) electrons. The van der Waals surface area contributed by atoms with Gasteiger partial charge in [-0.15, -0.1) is 0 Å². The number of rotatable bonds is 5. The van der Waals surface area contributed by atoms with Gasteiger partial charge in [0.25, 0.3) is 0 Å². The first-order valence-electron chi connectivity index (χ1n) is 5.28. The van der Waals surface area contributed by atoms with Crippen LogP contribution in [0.2, 0.25) is 0 Å². The lowest BCUT2D eigenvalue weighted by Gasteiger charge is -2.14. The molecule has 0 N–H and O–H groups in total. The van der Waals surface area contributed by atoms with E-state index < -0.39 is 11.7 Å². The van der Waals surface area contributed by atoms with E-state index in [1.54, 1.807) is 0 Å². The Morgan fingerprint density at radius 3 is 2.59 bits per heavy atom. The quantitative estimate of drug-likeness (QED) is 0.585. The number of hydrogen-bond acceptors (Lipinski definition) is 2. The highest BCUT2D eigenvalue weighted by Crippen LogP contribution is 2.36. The van der Waals surface area contributed by atoms with E-state index >= 15 is 0 Å². The maximum atomic E-state index is 12.7. The number of unbranched alkanes of at least 4 members (excludes halogenated alkanes) is 1.